The van der Waals surface area contributed by atoms with Gasteiger partial charge in [-0.15, -0.1) is 0 Å². The molecule has 21 N–H and O–H groups in total. The van der Waals surface area contributed by atoms with Gasteiger partial charge in [0.05, 0.1) is 37.1 Å². The number of carbonyl (C=O) groups is 18. The highest BCUT2D eigenvalue weighted by Gasteiger charge is 2.47. The summed E-state index contributed by atoms with van der Waals surface area (Å²) in [5.41, 5.74) is 20.2. The molecule has 141 heavy (non-hydrogen) atoms. The highest BCUT2D eigenvalue weighted by Crippen LogP contribution is 2.31. The fourth-order valence-electron chi connectivity index (χ4n) is 18.3. The number of nitrogens with two attached hydrogens (primary N) is 3. The number of phenolic OH excluding ortho intramolecular Hbond substituents is 1. The number of likely N-dealkylation sites (N-methyl/N-ethyl adjacent to an activating group) is 3. The number of primary amides is 1. The van der Waals surface area contributed by atoms with E-state index in [9.17, 15) is 68.4 Å². The molecule has 6 aromatic rings. The Labute approximate surface area is 817 Å². The minimum atomic E-state index is -1.90. The molecule has 3 aliphatic heterocycles. The Morgan fingerprint density at radius 1 is 0.546 bits per heavy atom. The number of amides is 15. The van der Waals surface area contributed by atoms with Gasteiger partial charge in [-0.2, -0.15) is 0 Å². The van der Waals surface area contributed by atoms with Gasteiger partial charge in [-0.3, -0.25) is 86.3 Å². The number of phenols is 1. The number of fused-ring (bicyclic) bond motifs is 4. The number of hydrogen-bond acceptors (Lipinski definition) is 23. The average Bonchev–Trinajstić information content (AvgIpc) is 1.72. The molecule has 0 saturated carbocycles. The fraction of sp³-hybridized carbons (Fsp3) is 0.561. The standard InChI is InChI=1S/C98H139N21O22/c1-9-11-29-77-92(135)110-71(41-56(3)4)90(133)108-68(88(131)104-51-82(101)123)28-21-33-83(124)106-73(42-58-34-36-63(120)37-35-58)94(137)114(6)57(5)86(129)112-75(48-84(125)126)97(140)118-40-22-32-78(118)93(136)111-72(46-62-50-102-55-105-62)91(134)109-70(27-18-20-39-100)96(139)119-53-64(121)47-80(119)81(122)45-59(43-60-49-103-67-25-15-13-23-65(60)67)87(130)107-69(26-17-19-38-99)89(132)113-74(95(138)116(8)79(30-12-10-2)98(141)115(77)7)44-61-52-117(54-85(127)128)76-31-16-14-24-66(61)76/h13-16,23-25,31,34-37,49-50,52,55-57,59,64,68-75,77-80,103,120-121H,9-12,17-22,26-30,32-33,38-48,51,53-54,99-100H2,1-8H3,(H2,101,123)(H,102,105)(H,104,131)(H,106,124)(H,107,130)(H,108,133)(H,109,134)(H,110,135)(H,111,136)(H,112,129)(H,113,132)(H,125,126)(H,127,128)/t57-,59+,64+,68-,69-,70-,71-,72-,73-,74-,75-,77-,78-,79-,80-/m0/s1. The molecule has 768 valence electrons. The average molecular weight is 1960 g/mol. The van der Waals surface area contributed by atoms with Gasteiger partial charge in [0.1, 0.15) is 84.8 Å². The number of ketones is 1. The van der Waals surface area contributed by atoms with Crippen molar-refractivity contribution in [3.05, 3.63) is 120 Å². The molecule has 43 nitrogen and oxygen atoms in total. The molecule has 6 heterocycles. The number of aromatic amines is 2. The van der Waals surface area contributed by atoms with Crippen LogP contribution >= 0.6 is 0 Å². The zero-order valence-corrected chi connectivity index (χ0v) is 81.4. The van der Waals surface area contributed by atoms with Crippen molar-refractivity contribution in [3.8, 4) is 5.75 Å². The van der Waals surface area contributed by atoms with E-state index in [0.717, 1.165) is 19.6 Å². The monoisotopic (exact) mass is 1960 g/mol. The number of nitrogens with one attached hydrogen (secondary N) is 11. The van der Waals surface area contributed by atoms with Gasteiger partial charge in [-0.25, -0.2) is 4.98 Å². The number of carboxylic acids is 2. The molecule has 0 spiro atoms. The van der Waals surface area contributed by atoms with Crippen molar-refractivity contribution in [1.29, 1.82) is 0 Å². The van der Waals surface area contributed by atoms with Crippen LogP contribution in [0.2, 0.25) is 0 Å². The lowest BCUT2D eigenvalue weighted by Crippen LogP contribution is -2.60. The number of benzene rings is 3. The number of unbranched alkanes of at least 4 members (excludes halogenated alkanes) is 4. The van der Waals surface area contributed by atoms with Gasteiger partial charge in [0, 0.05) is 119 Å². The number of aromatic nitrogens is 4. The van der Waals surface area contributed by atoms with E-state index in [4.69, 9.17) is 17.2 Å². The summed E-state index contributed by atoms with van der Waals surface area (Å²) in [4.78, 5) is 281. The van der Waals surface area contributed by atoms with Gasteiger partial charge < -0.3 is 125 Å². The number of aromatic hydroxyl groups is 1. The van der Waals surface area contributed by atoms with E-state index in [1.54, 1.807) is 68.6 Å². The second-order valence-corrected chi connectivity index (χ2v) is 37.3. The van der Waals surface area contributed by atoms with Gasteiger partial charge in [0.15, 0.2) is 5.78 Å². The van der Waals surface area contributed by atoms with Gasteiger partial charge in [-0.05, 0) is 157 Å². The third-order valence-electron chi connectivity index (χ3n) is 26.2. The number of H-pyrrole nitrogens is 2. The zero-order valence-electron chi connectivity index (χ0n) is 81.4. The number of para-hydroxylation sites is 2. The summed E-state index contributed by atoms with van der Waals surface area (Å²) >= 11 is 0. The highest BCUT2D eigenvalue weighted by molar-refractivity contribution is 6.02. The van der Waals surface area contributed by atoms with Gasteiger partial charge in [0.2, 0.25) is 88.6 Å². The topological polar surface area (TPSA) is 640 Å². The van der Waals surface area contributed by atoms with Gasteiger partial charge in [-0.1, -0.05) is 102 Å². The lowest BCUT2D eigenvalue weighted by molar-refractivity contribution is -0.149. The quantitative estimate of drug-likeness (QED) is 0.0267. The van der Waals surface area contributed by atoms with Gasteiger partial charge in [0.25, 0.3) is 0 Å². The summed E-state index contributed by atoms with van der Waals surface area (Å²) in [6, 6.07) is -0.361. The second kappa shape index (κ2) is 53.6. The Hall–Kier alpha value is -13.7. The van der Waals surface area contributed by atoms with Gasteiger partial charge >= 0.3 is 11.9 Å². The molecule has 3 aromatic carbocycles. The predicted molar refractivity (Wildman–Crippen MR) is 517 cm³/mol. The number of carbonyl (C=O) groups excluding carboxylic acids is 16. The maximum Gasteiger partial charge on any atom is 0.323 e. The third-order valence-corrected chi connectivity index (χ3v) is 26.2. The summed E-state index contributed by atoms with van der Waals surface area (Å²) in [5.74, 6) is -18.9. The molecule has 0 aliphatic carbocycles. The molecule has 3 aliphatic rings. The SMILES string of the molecule is CCCC[C@H]1C(=O)N(C)[C@@H](CCCC)C(=O)N[C@@H](CC(C)C)C(=O)N[C@H](C(=O)NCC(N)=O)CCCC(=O)N[C@@H](Cc2ccc(O)cc2)C(=O)N(C)[C@@H](C)C(=O)N[C@@H](CC(=O)O)C(=O)N2CCC[C@H]2C(=O)N[C@@H](Cc2c[nH]cn2)C(=O)N[C@@H](CCCCN)C(=O)N2C[C@H](O)C[C@H]2C(=O)C[C@@H](Cc2c[nH]c3ccccc23)C(=O)N[C@@H](CCCCN)C(=O)N[C@@H](Cc2cn(CC(=O)O)c3ccccc23)C(=O)N1C. The molecule has 9 rings (SSSR count). The smallest absolute Gasteiger partial charge is 0.323 e. The largest absolute Gasteiger partial charge is 0.508 e. The molecule has 3 fully saturated rings. The lowest BCUT2D eigenvalue weighted by atomic mass is 9.90. The van der Waals surface area contributed by atoms with E-state index in [-0.39, 0.29) is 140 Å². The summed E-state index contributed by atoms with van der Waals surface area (Å²) in [5, 5.41) is 67.9. The second-order valence-electron chi connectivity index (χ2n) is 37.3. The third kappa shape index (κ3) is 31.4. The van der Waals surface area contributed by atoms with Crippen LogP contribution in [0.15, 0.2) is 97.7 Å². The van der Waals surface area contributed by atoms with Crippen molar-refractivity contribution in [2.45, 2.75) is 286 Å². The van der Waals surface area contributed by atoms with E-state index in [1.807, 2.05) is 13.8 Å². The zero-order chi connectivity index (χ0) is 103. The van der Waals surface area contributed by atoms with Crippen LogP contribution in [0.25, 0.3) is 21.8 Å². The van der Waals surface area contributed by atoms with E-state index in [1.165, 1.54) is 80.5 Å². The predicted octanol–water partition coefficient (Wildman–Crippen LogP) is 0.759. The van der Waals surface area contributed by atoms with Crippen LogP contribution in [0.1, 0.15) is 192 Å². The molecular weight excluding hydrogens is 1820 g/mol. The first-order valence-electron chi connectivity index (χ1n) is 48.6. The van der Waals surface area contributed by atoms with Crippen LogP contribution in [-0.2, 0) is 119 Å². The molecule has 0 unspecified atom stereocenters. The van der Waals surface area contributed by atoms with Crippen molar-refractivity contribution < 1.29 is 107 Å². The van der Waals surface area contributed by atoms with E-state index < -0.39 is 236 Å². The molecule has 15 atom stereocenters. The number of Topliss-reactive ketones (excluding diaryl/α,β-unsaturated/α-hetero) is 1. The summed E-state index contributed by atoms with van der Waals surface area (Å²) < 4.78 is 1.46. The van der Waals surface area contributed by atoms with Crippen molar-refractivity contribution in [2.24, 2.45) is 29.0 Å². The number of rotatable bonds is 31. The van der Waals surface area contributed by atoms with Crippen LogP contribution in [0.5, 0.6) is 5.75 Å². The Balaban J connectivity index is 1.13. The normalized spacial score (nSPS) is 24.3. The van der Waals surface area contributed by atoms with Crippen molar-refractivity contribution in [2.75, 3.05) is 53.9 Å². The highest BCUT2D eigenvalue weighted by atomic mass is 16.4. The molecule has 0 bridgehead atoms. The molecule has 0 radical (unpaired) electrons. The number of hydrogen-bond donors (Lipinski definition) is 18. The minimum Gasteiger partial charge on any atom is -0.508 e. The first-order chi connectivity index (χ1) is 67.2. The number of aliphatic hydroxyl groups is 1. The maximum atomic E-state index is 16.1. The Morgan fingerprint density at radius 2 is 1.14 bits per heavy atom. The molecular formula is C98H139N21O22. The number of carboxylic acid groups (broad SMARTS) is 2. The van der Waals surface area contributed by atoms with Crippen LogP contribution in [0.4, 0.5) is 0 Å². The fourth-order valence-corrected chi connectivity index (χ4v) is 18.3. The summed E-state index contributed by atoms with van der Waals surface area (Å²) in [7, 11) is 3.94. The van der Waals surface area contributed by atoms with E-state index >= 15 is 38.4 Å². The van der Waals surface area contributed by atoms with E-state index in [0.29, 0.717) is 77.0 Å². The summed E-state index contributed by atoms with van der Waals surface area (Å²) in [6.45, 7) is 6.92. The molecule has 15 amide bonds. The maximum absolute atomic E-state index is 16.1. The van der Waals surface area contributed by atoms with Crippen LogP contribution in [0.3, 0.4) is 0 Å². The molecule has 3 aromatic heterocycles. The number of aliphatic carboxylic acids is 2. The first-order valence-corrected chi connectivity index (χ1v) is 48.6. The lowest BCUT2D eigenvalue weighted by Gasteiger charge is -2.36. The van der Waals surface area contributed by atoms with Crippen LogP contribution in [-0.4, -0.2) is 309 Å². The first kappa shape index (κ1) is 111. The van der Waals surface area contributed by atoms with Crippen molar-refractivity contribution in [3.63, 3.8) is 0 Å². The molecule has 3 saturated heterocycles. The number of aliphatic hydroxyl groups excluding tert-OH is 1. The Kier molecular flexibility index (Phi) is 42.2. The van der Waals surface area contributed by atoms with E-state index in [2.05, 4.69) is 62.8 Å². The Bertz CT molecular complexity index is 5370. The molecule has 43 heteroatoms. The van der Waals surface area contributed by atoms with Crippen molar-refractivity contribution in [1.82, 2.24) is 91.9 Å². The number of nitrogens with zero attached hydrogens (tertiary/aromatic N) is 7. The Morgan fingerprint density at radius 3 is 1.79 bits per heavy atom. The number of imidazole rings is 1. The van der Waals surface area contributed by atoms with Crippen molar-refractivity contribution >= 4 is 128 Å². The van der Waals surface area contributed by atoms with Crippen LogP contribution < -0.4 is 65.1 Å². The minimum absolute atomic E-state index is 0.00575. The van der Waals surface area contributed by atoms with Crippen LogP contribution in [0, 0.1) is 11.8 Å². The summed E-state index contributed by atoms with van der Waals surface area (Å²) in [6.07, 6.45) is 2.95.